The topological polar surface area (TPSA) is 118 Å². The lowest BCUT2D eigenvalue weighted by molar-refractivity contribution is -0.143. The third-order valence-electron chi connectivity index (χ3n) is 9.38. The first-order chi connectivity index (χ1) is 24.0. The summed E-state index contributed by atoms with van der Waals surface area (Å²) in [5.74, 6) is -0.478. The maximum atomic E-state index is 13.4. The molecule has 1 aliphatic rings. The summed E-state index contributed by atoms with van der Waals surface area (Å²) in [6, 6.07) is 19.5. The zero-order chi connectivity index (χ0) is 35.7. The van der Waals surface area contributed by atoms with Crippen molar-refractivity contribution < 1.29 is 24.2 Å². The number of rotatable bonds is 18. The maximum absolute atomic E-state index is 13.4. The van der Waals surface area contributed by atoms with Crippen molar-refractivity contribution in [3.63, 3.8) is 0 Å². The number of Topliss-reactive ketones (excluding diaryl/α,β-unsaturated/α-hetero) is 1. The molecule has 0 radical (unpaired) electrons. The minimum atomic E-state index is -0.893. The summed E-state index contributed by atoms with van der Waals surface area (Å²) >= 11 is 1.47. The lowest BCUT2D eigenvalue weighted by Gasteiger charge is -2.18. The highest BCUT2D eigenvalue weighted by molar-refractivity contribution is 7.14. The van der Waals surface area contributed by atoms with Gasteiger partial charge in [0.1, 0.15) is 5.75 Å². The van der Waals surface area contributed by atoms with Crippen LogP contribution in [-0.2, 0) is 21.4 Å². The Morgan fingerprint density at radius 3 is 2.14 bits per heavy atom. The number of ether oxygens (including phenoxy) is 1. The van der Waals surface area contributed by atoms with Gasteiger partial charge in [0.25, 0.3) is 0 Å². The van der Waals surface area contributed by atoms with Gasteiger partial charge in [-0.05, 0) is 66.5 Å². The van der Waals surface area contributed by atoms with E-state index in [1.54, 1.807) is 0 Å². The van der Waals surface area contributed by atoms with Crippen molar-refractivity contribution in [1.29, 1.82) is 0 Å². The lowest BCUT2D eigenvalue weighted by atomic mass is 9.92. The number of nitrogens with zero attached hydrogens (tertiary/aromatic N) is 2. The van der Waals surface area contributed by atoms with Crippen LogP contribution in [-0.4, -0.2) is 45.9 Å². The normalized spacial score (nSPS) is 14.2. The standard InChI is InChI=1S/C41H49N3O5S/c1-5-6-7-8-9-22-49-33-16-14-29(15-17-33)32-25-42-37(43-26-32)30-12-10-28(11-13-30)23-31(38(46)44-27-41(20-21-41)39(47)48)24-34(45)35-18-19-36(50-35)40(2,3)4/h10-19,25-26,31H,5-9,20-24,27H2,1-4H3,(H,44,46)(H,47,48)/t31-/m1/s1. The molecule has 0 aliphatic heterocycles. The second-order valence-corrected chi connectivity index (χ2v) is 15.6. The number of carboxylic acid groups (broad SMARTS) is 1. The molecule has 0 bridgehead atoms. The van der Waals surface area contributed by atoms with Gasteiger partial charge in [-0.15, -0.1) is 11.3 Å². The Hall–Kier alpha value is -4.37. The fourth-order valence-corrected chi connectivity index (χ4v) is 6.84. The fraction of sp³-hybridized carbons (Fsp3) is 0.439. The summed E-state index contributed by atoms with van der Waals surface area (Å²) in [5.41, 5.74) is 2.69. The van der Waals surface area contributed by atoms with Crippen molar-refractivity contribution >= 4 is 29.0 Å². The van der Waals surface area contributed by atoms with E-state index < -0.39 is 17.3 Å². The molecular formula is C41H49N3O5S. The van der Waals surface area contributed by atoms with Gasteiger partial charge in [0.15, 0.2) is 11.6 Å². The number of ketones is 1. The summed E-state index contributed by atoms with van der Waals surface area (Å²) in [6.45, 7) is 9.33. The highest BCUT2D eigenvalue weighted by Crippen LogP contribution is 2.45. The smallest absolute Gasteiger partial charge is 0.311 e. The summed E-state index contributed by atoms with van der Waals surface area (Å²) in [4.78, 5) is 49.5. The van der Waals surface area contributed by atoms with Crippen molar-refractivity contribution in [3.05, 3.63) is 88.4 Å². The Labute approximate surface area is 299 Å². The molecule has 1 fully saturated rings. The lowest BCUT2D eigenvalue weighted by Crippen LogP contribution is -2.39. The molecule has 1 amide bonds. The molecule has 264 valence electrons. The Balaban J connectivity index is 1.21. The molecule has 9 heteroatoms. The van der Waals surface area contributed by atoms with Crippen molar-refractivity contribution in [3.8, 4) is 28.3 Å². The molecule has 1 atom stereocenters. The third-order valence-corrected chi connectivity index (χ3v) is 10.9. The molecule has 1 aliphatic carbocycles. The van der Waals surface area contributed by atoms with Gasteiger partial charge in [0, 0.05) is 47.3 Å². The summed E-state index contributed by atoms with van der Waals surface area (Å²) in [6.07, 6.45) is 11.1. The number of carboxylic acids is 1. The molecule has 1 saturated carbocycles. The fourth-order valence-electron chi connectivity index (χ4n) is 5.83. The van der Waals surface area contributed by atoms with E-state index in [4.69, 9.17) is 4.74 Å². The Bertz CT molecular complexity index is 1740. The molecule has 4 aromatic rings. The minimum absolute atomic E-state index is 0.0362. The predicted octanol–water partition coefficient (Wildman–Crippen LogP) is 8.93. The third kappa shape index (κ3) is 9.87. The SMILES string of the molecule is CCCCCCCOc1ccc(-c2cnc(-c3ccc(C[C@H](CC(=O)c4ccc(C(C)(C)C)s4)C(=O)NCC4(C(=O)O)CC4)cc3)nc2)cc1. The van der Waals surface area contributed by atoms with Crippen LogP contribution in [0.15, 0.2) is 73.1 Å². The van der Waals surface area contributed by atoms with Gasteiger partial charge in [-0.2, -0.15) is 0 Å². The zero-order valence-corrected chi connectivity index (χ0v) is 30.5. The van der Waals surface area contributed by atoms with Crippen molar-refractivity contribution in [2.45, 2.75) is 90.9 Å². The second-order valence-electron chi connectivity index (χ2n) is 14.5. The summed E-state index contributed by atoms with van der Waals surface area (Å²) < 4.78 is 5.90. The van der Waals surface area contributed by atoms with Crippen LogP contribution in [0.4, 0.5) is 0 Å². The quantitative estimate of drug-likeness (QED) is 0.0788. The number of thiophene rings is 1. The molecule has 2 N–H and O–H groups in total. The first kappa shape index (κ1) is 36.9. The molecule has 2 aromatic heterocycles. The van der Waals surface area contributed by atoms with Crippen LogP contribution in [0.1, 0.15) is 99.2 Å². The monoisotopic (exact) mass is 695 g/mol. The van der Waals surface area contributed by atoms with Gasteiger partial charge >= 0.3 is 5.97 Å². The van der Waals surface area contributed by atoms with E-state index in [0.29, 0.717) is 30.0 Å². The first-order valence-corrected chi connectivity index (χ1v) is 18.6. The highest BCUT2D eigenvalue weighted by Gasteiger charge is 2.50. The summed E-state index contributed by atoms with van der Waals surface area (Å²) in [5, 5.41) is 12.4. The molecular weight excluding hydrogens is 647 g/mol. The number of aromatic nitrogens is 2. The second kappa shape index (κ2) is 16.6. The minimum Gasteiger partial charge on any atom is -0.494 e. The van der Waals surface area contributed by atoms with Gasteiger partial charge in [-0.3, -0.25) is 14.4 Å². The van der Waals surface area contributed by atoms with Crippen LogP contribution in [0.2, 0.25) is 0 Å². The molecule has 50 heavy (non-hydrogen) atoms. The van der Waals surface area contributed by atoms with Crippen LogP contribution >= 0.6 is 11.3 Å². The van der Waals surface area contributed by atoms with E-state index in [1.165, 1.54) is 37.0 Å². The summed E-state index contributed by atoms with van der Waals surface area (Å²) in [7, 11) is 0. The van der Waals surface area contributed by atoms with Gasteiger partial charge in [-0.1, -0.05) is 89.8 Å². The molecule has 8 nitrogen and oxygen atoms in total. The Morgan fingerprint density at radius 1 is 0.880 bits per heavy atom. The highest BCUT2D eigenvalue weighted by atomic mass is 32.1. The molecule has 5 rings (SSSR count). The van der Waals surface area contributed by atoms with Crippen molar-refractivity contribution in [2.75, 3.05) is 13.2 Å². The van der Waals surface area contributed by atoms with E-state index in [9.17, 15) is 19.5 Å². The number of carbonyl (C=O) groups is 3. The molecule has 0 saturated heterocycles. The zero-order valence-electron chi connectivity index (χ0n) is 29.7. The van der Waals surface area contributed by atoms with Crippen LogP contribution in [0.3, 0.4) is 0 Å². The number of hydrogen-bond donors (Lipinski definition) is 2. The molecule has 0 spiro atoms. The first-order valence-electron chi connectivity index (χ1n) is 17.8. The number of aliphatic carboxylic acids is 1. The van der Waals surface area contributed by atoms with Crippen molar-refractivity contribution in [2.24, 2.45) is 11.3 Å². The largest absolute Gasteiger partial charge is 0.494 e. The number of carbonyl (C=O) groups excluding carboxylic acids is 2. The van der Waals surface area contributed by atoms with Crippen LogP contribution in [0, 0.1) is 11.3 Å². The van der Waals surface area contributed by atoms with Gasteiger partial charge < -0.3 is 15.2 Å². The van der Waals surface area contributed by atoms with Crippen LogP contribution < -0.4 is 10.1 Å². The maximum Gasteiger partial charge on any atom is 0.311 e. The predicted molar refractivity (Wildman–Crippen MR) is 199 cm³/mol. The molecule has 2 heterocycles. The average Bonchev–Trinajstić information content (AvgIpc) is 3.74. The van der Waals surface area contributed by atoms with E-state index in [-0.39, 0.29) is 30.1 Å². The number of hydrogen-bond acceptors (Lipinski definition) is 7. The van der Waals surface area contributed by atoms with E-state index in [2.05, 4.69) is 43.0 Å². The van der Waals surface area contributed by atoms with E-state index in [0.717, 1.165) is 45.9 Å². The van der Waals surface area contributed by atoms with Crippen LogP contribution in [0.5, 0.6) is 5.75 Å². The Kier molecular flexibility index (Phi) is 12.2. The number of nitrogens with one attached hydrogen (secondary N) is 1. The van der Waals surface area contributed by atoms with Gasteiger partial charge in [0.2, 0.25) is 5.91 Å². The van der Waals surface area contributed by atoms with E-state index >= 15 is 0 Å². The number of benzene rings is 2. The molecule has 2 aromatic carbocycles. The number of amides is 1. The number of unbranched alkanes of at least 4 members (excludes halogenated alkanes) is 4. The van der Waals surface area contributed by atoms with Crippen molar-refractivity contribution in [1.82, 2.24) is 15.3 Å². The Morgan fingerprint density at radius 2 is 1.54 bits per heavy atom. The average molecular weight is 696 g/mol. The van der Waals surface area contributed by atoms with Gasteiger partial charge in [-0.25, -0.2) is 9.97 Å². The van der Waals surface area contributed by atoms with E-state index in [1.807, 2.05) is 73.1 Å². The molecule has 0 unspecified atom stereocenters. The van der Waals surface area contributed by atoms with Crippen LogP contribution in [0.25, 0.3) is 22.5 Å². The van der Waals surface area contributed by atoms with Gasteiger partial charge in [0.05, 0.1) is 16.9 Å².